The van der Waals surface area contributed by atoms with E-state index < -0.39 is 6.23 Å². The summed E-state index contributed by atoms with van der Waals surface area (Å²) in [7, 11) is 3.15. The number of nitrogens with one attached hydrogen (secondary N) is 1. The summed E-state index contributed by atoms with van der Waals surface area (Å²) in [6.45, 7) is 2.15. The number of anilines is 1. The van der Waals surface area contributed by atoms with Crippen molar-refractivity contribution >= 4 is 29.1 Å². The molecular weight excluding hydrogens is 436 g/mol. The van der Waals surface area contributed by atoms with Crippen LogP contribution in [0.3, 0.4) is 0 Å². The lowest BCUT2D eigenvalue weighted by Crippen LogP contribution is -2.18. The van der Waals surface area contributed by atoms with Gasteiger partial charge in [-0.05, 0) is 18.6 Å². The van der Waals surface area contributed by atoms with Crippen molar-refractivity contribution in [2.45, 2.75) is 31.1 Å². The zero-order valence-corrected chi connectivity index (χ0v) is 19.1. The van der Waals surface area contributed by atoms with Gasteiger partial charge >= 0.3 is 0 Å². The second-order valence-electron chi connectivity index (χ2n) is 6.87. The van der Waals surface area contributed by atoms with Crippen molar-refractivity contribution < 1.29 is 14.2 Å². The van der Waals surface area contributed by atoms with Gasteiger partial charge in [0.2, 0.25) is 11.0 Å². The van der Waals surface area contributed by atoms with Crippen LogP contribution in [0.1, 0.15) is 31.6 Å². The van der Waals surface area contributed by atoms with Crippen molar-refractivity contribution in [3.05, 3.63) is 47.0 Å². The molecule has 0 bridgehead atoms. The average Bonchev–Trinajstić information content (AvgIpc) is 2.95. The monoisotopic (exact) mass is 458 g/mol. The highest BCUT2D eigenvalue weighted by molar-refractivity contribution is 7.99. The topological polar surface area (TPSA) is 78.4 Å². The molecule has 4 rings (SSSR count). The summed E-state index contributed by atoms with van der Waals surface area (Å²) in [6.07, 6.45) is 1.58. The van der Waals surface area contributed by atoms with Crippen molar-refractivity contribution in [1.29, 1.82) is 0 Å². The molecule has 2 heterocycles. The molecule has 2 aromatic carbocycles. The van der Waals surface area contributed by atoms with E-state index in [4.69, 9.17) is 25.8 Å². The number of rotatable bonds is 7. The van der Waals surface area contributed by atoms with Gasteiger partial charge in [0.25, 0.3) is 0 Å². The van der Waals surface area contributed by atoms with Crippen molar-refractivity contribution in [2.24, 2.45) is 0 Å². The number of ether oxygens (including phenoxy) is 3. The van der Waals surface area contributed by atoms with Crippen LogP contribution >= 0.6 is 23.4 Å². The summed E-state index contributed by atoms with van der Waals surface area (Å²) in [4.78, 5) is 4.65. The second kappa shape index (κ2) is 9.62. The summed E-state index contributed by atoms with van der Waals surface area (Å²) in [5.41, 5.74) is 2.99. The molecule has 1 aliphatic heterocycles. The van der Waals surface area contributed by atoms with Crippen LogP contribution < -0.4 is 19.5 Å². The normalized spacial score (nSPS) is 14.5. The van der Waals surface area contributed by atoms with E-state index in [9.17, 15) is 0 Å². The van der Waals surface area contributed by atoms with E-state index in [0.717, 1.165) is 29.8 Å². The lowest BCUT2D eigenvalue weighted by atomic mass is 10.1. The Morgan fingerprint density at radius 1 is 1.13 bits per heavy atom. The molecule has 0 spiro atoms. The van der Waals surface area contributed by atoms with Gasteiger partial charge in [-0.3, -0.25) is 0 Å². The second-order valence-corrected chi connectivity index (χ2v) is 8.34. The van der Waals surface area contributed by atoms with E-state index in [1.165, 1.54) is 0 Å². The smallest absolute Gasteiger partial charge is 0.247 e. The van der Waals surface area contributed by atoms with Crippen LogP contribution in [0.25, 0.3) is 11.3 Å². The van der Waals surface area contributed by atoms with Gasteiger partial charge in [0.05, 0.1) is 19.2 Å². The van der Waals surface area contributed by atoms with Crippen LogP contribution in [0.5, 0.6) is 17.4 Å². The van der Waals surface area contributed by atoms with E-state index in [1.807, 2.05) is 24.3 Å². The number of unbranched alkanes of at least 4 members (excludes halogenated alkanes) is 1. The number of hydrogen-bond donors (Lipinski definition) is 1. The third kappa shape index (κ3) is 4.50. The quantitative estimate of drug-likeness (QED) is 0.362. The van der Waals surface area contributed by atoms with Crippen LogP contribution in [0, 0.1) is 0 Å². The van der Waals surface area contributed by atoms with Crippen molar-refractivity contribution in [2.75, 3.05) is 25.3 Å². The van der Waals surface area contributed by atoms with Crippen LogP contribution in [-0.4, -0.2) is 35.2 Å². The predicted octanol–water partition coefficient (Wildman–Crippen LogP) is 5.60. The molecule has 0 fully saturated rings. The van der Waals surface area contributed by atoms with Crippen LogP contribution in [0.15, 0.2) is 41.6 Å². The number of fused-ring (bicyclic) bond motifs is 3. The molecule has 0 amide bonds. The van der Waals surface area contributed by atoms with Crippen molar-refractivity contribution in [3.63, 3.8) is 0 Å². The molecule has 1 aliphatic rings. The highest BCUT2D eigenvalue weighted by Gasteiger charge is 2.28. The molecule has 162 valence electrons. The molecule has 0 unspecified atom stereocenters. The number of methoxy groups -OCH3 is 2. The van der Waals surface area contributed by atoms with E-state index in [2.05, 4.69) is 27.4 Å². The van der Waals surface area contributed by atoms with E-state index in [1.54, 1.807) is 38.1 Å². The first-order valence-electron chi connectivity index (χ1n) is 9.96. The molecule has 7 nitrogen and oxygen atoms in total. The van der Waals surface area contributed by atoms with Gasteiger partial charge in [-0.25, -0.2) is 0 Å². The number of benzene rings is 2. The molecule has 0 saturated heterocycles. The first-order valence-corrected chi connectivity index (χ1v) is 11.3. The number of nitrogens with zero attached hydrogens (tertiary/aromatic N) is 3. The Balaban J connectivity index is 1.77. The van der Waals surface area contributed by atoms with Crippen LogP contribution in [-0.2, 0) is 0 Å². The summed E-state index contributed by atoms with van der Waals surface area (Å²) < 4.78 is 17.1. The number of thioether (sulfide) groups is 1. The van der Waals surface area contributed by atoms with Crippen molar-refractivity contribution in [1.82, 2.24) is 15.2 Å². The summed E-state index contributed by atoms with van der Waals surface area (Å²) >= 11 is 8.16. The molecule has 3 aromatic rings. The third-order valence-electron chi connectivity index (χ3n) is 4.85. The van der Waals surface area contributed by atoms with E-state index in [0.29, 0.717) is 38.8 Å². The fourth-order valence-electron chi connectivity index (χ4n) is 3.23. The predicted molar refractivity (Wildman–Crippen MR) is 122 cm³/mol. The minimum absolute atomic E-state index is 0.405. The highest BCUT2D eigenvalue weighted by atomic mass is 35.5. The van der Waals surface area contributed by atoms with Gasteiger partial charge in [-0.1, -0.05) is 54.9 Å². The maximum Gasteiger partial charge on any atom is 0.247 e. The standard InChI is InChI=1S/C22H23ClN4O3S/c1-4-5-10-31-22-25-21-19(26-27-22)13-8-6-7-9-16(13)24-20(30-21)14-11-17(28-2)18(29-3)12-15(14)23/h6-9,11-12,20,24H,4-5,10H2,1-3H3/t20-/m0/s1. The lowest BCUT2D eigenvalue weighted by Gasteiger charge is -2.21. The fraction of sp³-hybridized carbons (Fsp3) is 0.318. The third-order valence-corrected chi connectivity index (χ3v) is 6.10. The van der Waals surface area contributed by atoms with Gasteiger partial charge in [-0.15, -0.1) is 10.2 Å². The molecule has 31 heavy (non-hydrogen) atoms. The largest absolute Gasteiger partial charge is 0.493 e. The zero-order valence-electron chi connectivity index (χ0n) is 17.5. The molecule has 1 N–H and O–H groups in total. The maximum absolute atomic E-state index is 6.59. The SMILES string of the molecule is CCCCSc1nnc2c(n1)O[C@@H](c1cc(OC)c(OC)cc1Cl)Nc1ccccc1-2. The van der Waals surface area contributed by atoms with Gasteiger partial charge in [0.1, 0.15) is 0 Å². The van der Waals surface area contributed by atoms with Crippen LogP contribution in [0.2, 0.25) is 5.02 Å². The zero-order chi connectivity index (χ0) is 21.8. The molecule has 0 radical (unpaired) electrons. The minimum Gasteiger partial charge on any atom is -0.493 e. The van der Waals surface area contributed by atoms with Crippen LogP contribution in [0.4, 0.5) is 5.69 Å². The molecule has 0 saturated carbocycles. The van der Waals surface area contributed by atoms with Gasteiger partial charge < -0.3 is 19.5 Å². The molecular formula is C22H23ClN4O3S. The Hall–Kier alpha value is -2.71. The highest BCUT2D eigenvalue weighted by Crippen LogP contribution is 2.43. The summed E-state index contributed by atoms with van der Waals surface area (Å²) in [5.74, 6) is 2.43. The number of halogens is 1. The van der Waals surface area contributed by atoms with E-state index >= 15 is 0 Å². The fourth-order valence-corrected chi connectivity index (χ4v) is 4.34. The lowest BCUT2D eigenvalue weighted by molar-refractivity contribution is 0.224. The number of aromatic nitrogens is 3. The van der Waals surface area contributed by atoms with Gasteiger partial charge in [0, 0.05) is 28.6 Å². The Kier molecular flexibility index (Phi) is 6.67. The minimum atomic E-state index is -0.611. The Morgan fingerprint density at radius 3 is 2.68 bits per heavy atom. The average molecular weight is 459 g/mol. The summed E-state index contributed by atoms with van der Waals surface area (Å²) in [5, 5.41) is 13.2. The number of para-hydroxylation sites is 1. The Bertz CT molecular complexity index is 1080. The molecule has 1 atom stereocenters. The number of hydrogen-bond acceptors (Lipinski definition) is 8. The Morgan fingerprint density at radius 2 is 1.90 bits per heavy atom. The summed E-state index contributed by atoms with van der Waals surface area (Å²) in [6, 6.07) is 11.3. The van der Waals surface area contributed by atoms with Gasteiger partial charge in [-0.2, -0.15) is 4.98 Å². The first kappa shape index (κ1) is 21.5. The first-order chi connectivity index (χ1) is 15.1. The van der Waals surface area contributed by atoms with Gasteiger partial charge in [0.15, 0.2) is 23.4 Å². The molecule has 0 aliphatic carbocycles. The Labute approximate surface area is 190 Å². The van der Waals surface area contributed by atoms with Crippen molar-refractivity contribution in [3.8, 4) is 28.6 Å². The van der Waals surface area contributed by atoms with E-state index in [-0.39, 0.29) is 0 Å². The molecule has 9 heteroatoms. The maximum atomic E-state index is 6.59. The molecule has 1 aromatic heterocycles.